The summed E-state index contributed by atoms with van der Waals surface area (Å²) in [6.45, 7) is -0.143. The Hall–Kier alpha value is -3.60. The van der Waals surface area contributed by atoms with Crippen molar-refractivity contribution in [2.45, 2.75) is 49.9 Å². The summed E-state index contributed by atoms with van der Waals surface area (Å²) in [5, 5.41) is 11.1. The molecule has 0 bridgehead atoms. The van der Waals surface area contributed by atoms with E-state index in [1.807, 2.05) is 0 Å². The van der Waals surface area contributed by atoms with Gasteiger partial charge in [0.2, 0.25) is 11.9 Å². The van der Waals surface area contributed by atoms with E-state index in [4.69, 9.17) is 39.0 Å². The molecule has 3 fully saturated rings. The summed E-state index contributed by atoms with van der Waals surface area (Å²) >= 11 is 0. The molecule has 23 nitrogen and oxygen atoms in total. The van der Waals surface area contributed by atoms with E-state index in [2.05, 4.69) is 29.9 Å². The lowest BCUT2D eigenvalue weighted by atomic mass is 10.0. The quantitative estimate of drug-likeness (QED) is 0.131. The van der Waals surface area contributed by atoms with Crippen molar-refractivity contribution in [2.24, 2.45) is 5.92 Å². The van der Waals surface area contributed by atoms with E-state index in [0.29, 0.717) is 0 Å². The van der Waals surface area contributed by atoms with Crippen LogP contribution < -0.4 is 32.4 Å². The Kier molecular flexibility index (Phi) is 7.41. The summed E-state index contributed by atoms with van der Waals surface area (Å²) in [6.07, 6.45) is -8.13. The number of aliphatic hydroxyl groups is 1. The molecule has 7 heterocycles. The Bertz CT molecular complexity index is 1900. The molecule has 3 saturated heterocycles. The maximum atomic E-state index is 13.1. The third-order valence-corrected chi connectivity index (χ3v) is 9.64. The van der Waals surface area contributed by atoms with Crippen molar-refractivity contribution in [3.05, 3.63) is 33.4 Å². The molecule has 0 aromatic carbocycles. The molecule has 248 valence electrons. The van der Waals surface area contributed by atoms with E-state index in [-0.39, 0.29) is 34.2 Å². The lowest BCUT2D eigenvalue weighted by molar-refractivity contribution is -0.244. The van der Waals surface area contributed by atoms with Crippen molar-refractivity contribution in [2.75, 3.05) is 24.7 Å². The standard InChI is InChI=1S/C21H26N10O13P2/c1-6-12-7(41-18(6)30-4-24-9-14(30)26-20(22)28-16(9)33)2-39-46(37,38)44-13-8(3-40-45(35,36)43-12)42-19(11(13)32)31-5-25-10-15(31)27-21(23)29-17(10)34/h4-8,11-13,18-19,32H,2-3H2,1H3,(H,35,36)(H,37,38)(H3,22,26,28,33)(H3,23,27,29,34)/p-2/t6-,7+,8+,11?,12?,13-,18+,19+/m0/s1. The summed E-state index contributed by atoms with van der Waals surface area (Å²) in [5.41, 5.74) is 9.61. The molecular formula is C21H24N10O13P2-2. The third-order valence-electron chi connectivity index (χ3n) is 7.70. The molecule has 0 saturated carbocycles. The second kappa shape index (κ2) is 11.0. The zero-order chi connectivity index (χ0) is 32.7. The van der Waals surface area contributed by atoms with Crippen LogP contribution in [0.15, 0.2) is 22.2 Å². The number of hydrogen-bond donors (Lipinski definition) is 5. The highest BCUT2D eigenvalue weighted by molar-refractivity contribution is 7.46. The van der Waals surface area contributed by atoms with Crippen LogP contribution >= 0.6 is 15.6 Å². The van der Waals surface area contributed by atoms with Gasteiger partial charge in [-0.3, -0.25) is 37.8 Å². The van der Waals surface area contributed by atoms with Gasteiger partial charge in [-0.05, 0) is 0 Å². The first-order valence-electron chi connectivity index (χ1n) is 13.4. The maximum absolute atomic E-state index is 13.1. The second-order valence-corrected chi connectivity index (χ2v) is 13.4. The van der Waals surface area contributed by atoms with Crippen LogP contribution in [0.3, 0.4) is 0 Å². The number of aromatic amines is 2. The number of nitrogens with one attached hydrogen (secondary N) is 2. The normalized spacial score (nSPS) is 37.1. The minimum absolute atomic E-state index is 0.0115. The molecule has 25 heteroatoms. The Morgan fingerprint density at radius 3 is 1.85 bits per heavy atom. The van der Waals surface area contributed by atoms with Crippen LogP contribution in [0.1, 0.15) is 19.4 Å². The smallest absolute Gasteiger partial charge is 0.280 e. The van der Waals surface area contributed by atoms with Crippen LogP contribution in [0.5, 0.6) is 0 Å². The monoisotopic (exact) mass is 686 g/mol. The Labute approximate surface area is 254 Å². The van der Waals surface area contributed by atoms with E-state index in [9.17, 15) is 33.6 Å². The first kappa shape index (κ1) is 31.0. The van der Waals surface area contributed by atoms with Crippen molar-refractivity contribution < 1.29 is 51.6 Å². The number of nitrogen functional groups attached to an aromatic ring is 2. The summed E-state index contributed by atoms with van der Waals surface area (Å²) in [4.78, 5) is 71.1. The van der Waals surface area contributed by atoms with E-state index in [1.165, 1.54) is 17.8 Å². The van der Waals surface area contributed by atoms with E-state index in [0.717, 1.165) is 10.9 Å². The van der Waals surface area contributed by atoms with Gasteiger partial charge >= 0.3 is 0 Å². The predicted octanol–water partition coefficient (Wildman–Crippen LogP) is -3.04. The zero-order valence-corrected chi connectivity index (χ0v) is 25.1. The predicted molar refractivity (Wildman–Crippen MR) is 145 cm³/mol. The summed E-state index contributed by atoms with van der Waals surface area (Å²) in [6, 6.07) is 0. The van der Waals surface area contributed by atoms with Gasteiger partial charge in [-0.15, -0.1) is 0 Å². The highest BCUT2D eigenvalue weighted by Crippen LogP contribution is 2.52. The molecule has 7 N–H and O–H groups in total. The van der Waals surface area contributed by atoms with Crippen LogP contribution in [0.2, 0.25) is 0 Å². The number of rotatable bonds is 2. The number of nitrogens with two attached hydrogens (primary N) is 2. The Balaban J connectivity index is 1.18. The van der Waals surface area contributed by atoms with Gasteiger partial charge in [0.1, 0.15) is 36.7 Å². The number of aliphatic hydroxyl groups excluding tert-OH is 1. The molecule has 46 heavy (non-hydrogen) atoms. The number of imidazole rings is 2. The average Bonchev–Trinajstić information content (AvgIpc) is 3.72. The van der Waals surface area contributed by atoms with Crippen molar-refractivity contribution in [3.8, 4) is 0 Å². The first-order chi connectivity index (χ1) is 21.7. The molecule has 7 rings (SSSR count). The van der Waals surface area contributed by atoms with Crippen molar-refractivity contribution in [1.29, 1.82) is 0 Å². The number of nitrogens with zero attached hydrogens (tertiary/aromatic N) is 6. The summed E-state index contributed by atoms with van der Waals surface area (Å²) < 4.78 is 60.9. The third kappa shape index (κ3) is 5.34. The molecule has 3 aliphatic rings. The average molecular weight is 686 g/mol. The number of phosphoric ester groups is 2. The van der Waals surface area contributed by atoms with E-state index < -0.39 is 88.9 Å². The number of hydrogen-bond acceptors (Lipinski definition) is 19. The summed E-state index contributed by atoms with van der Waals surface area (Å²) in [5.74, 6) is -1.35. The fraction of sp³-hybridized carbons (Fsp3) is 0.524. The first-order valence-corrected chi connectivity index (χ1v) is 16.3. The fourth-order valence-electron chi connectivity index (χ4n) is 5.66. The van der Waals surface area contributed by atoms with Gasteiger partial charge in [0.05, 0.1) is 25.9 Å². The molecule has 0 aliphatic carbocycles. The lowest BCUT2D eigenvalue weighted by Crippen LogP contribution is -2.39. The molecular weight excluding hydrogens is 662 g/mol. The lowest BCUT2D eigenvalue weighted by Gasteiger charge is -2.34. The van der Waals surface area contributed by atoms with Crippen LogP contribution in [0.4, 0.5) is 11.9 Å². The van der Waals surface area contributed by atoms with Crippen LogP contribution in [-0.2, 0) is 36.7 Å². The maximum Gasteiger partial charge on any atom is 0.280 e. The minimum atomic E-state index is -5.28. The number of fused-ring (bicyclic) bond motifs is 4. The zero-order valence-electron chi connectivity index (χ0n) is 23.3. The number of anilines is 2. The van der Waals surface area contributed by atoms with Crippen LogP contribution in [0, 0.1) is 5.92 Å². The number of aromatic nitrogens is 8. The molecule has 0 amide bonds. The van der Waals surface area contributed by atoms with Gasteiger partial charge in [0.25, 0.3) is 26.8 Å². The van der Waals surface area contributed by atoms with Gasteiger partial charge in [0, 0.05) is 5.92 Å². The number of H-pyrrole nitrogens is 2. The van der Waals surface area contributed by atoms with Crippen molar-refractivity contribution >= 4 is 49.9 Å². The van der Waals surface area contributed by atoms with Gasteiger partial charge in [-0.2, -0.15) is 9.97 Å². The largest absolute Gasteiger partial charge is 0.756 e. The molecule has 3 aliphatic heterocycles. The number of ether oxygens (including phenoxy) is 2. The molecule has 0 radical (unpaired) electrons. The van der Waals surface area contributed by atoms with Crippen LogP contribution in [0.25, 0.3) is 22.3 Å². The Morgan fingerprint density at radius 2 is 1.30 bits per heavy atom. The second-order valence-electron chi connectivity index (χ2n) is 10.7. The Morgan fingerprint density at radius 1 is 0.848 bits per heavy atom. The van der Waals surface area contributed by atoms with Crippen molar-refractivity contribution in [1.82, 2.24) is 39.0 Å². The van der Waals surface area contributed by atoms with Gasteiger partial charge < -0.3 is 53.9 Å². The van der Waals surface area contributed by atoms with Gasteiger partial charge in [-0.25, -0.2) is 9.97 Å². The molecule has 0 spiro atoms. The van der Waals surface area contributed by atoms with Gasteiger partial charge in [-0.1, -0.05) is 6.92 Å². The SMILES string of the molecule is C[C@H]1C2OP(=O)([O-])OC[C@H]3O[C@@H](n4cnc5c(=O)[nH]c(N)nc54)C(O)[C@H]3OP(=O)([O-])OC[C@H]2O[C@H]1n1cnc2c(=O)[nH]c(N)nc21. The topological polar surface area (TPSA) is 335 Å². The highest BCUT2D eigenvalue weighted by Gasteiger charge is 2.51. The number of phosphoric acid groups is 2. The molecule has 4 unspecified atom stereocenters. The van der Waals surface area contributed by atoms with Gasteiger partial charge in [0.15, 0.2) is 28.6 Å². The molecule has 4 aromatic rings. The van der Waals surface area contributed by atoms with Crippen LogP contribution in [-0.4, -0.2) is 87.9 Å². The summed E-state index contributed by atoms with van der Waals surface area (Å²) in [7, 11) is -10.5. The molecule has 10 atom stereocenters. The van der Waals surface area contributed by atoms with E-state index >= 15 is 0 Å². The highest BCUT2D eigenvalue weighted by atomic mass is 31.2. The van der Waals surface area contributed by atoms with Crippen molar-refractivity contribution in [3.63, 3.8) is 0 Å². The van der Waals surface area contributed by atoms with E-state index in [1.54, 1.807) is 0 Å². The molecule has 4 aromatic heterocycles. The minimum Gasteiger partial charge on any atom is -0.756 e. The fourth-order valence-corrected chi connectivity index (χ4v) is 7.62.